The van der Waals surface area contributed by atoms with Crippen molar-refractivity contribution >= 4 is 6.09 Å². The van der Waals surface area contributed by atoms with Crippen molar-refractivity contribution in [3.05, 3.63) is 29.3 Å². The second-order valence-electron chi connectivity index (χ2n) is 10.4. The maximum atomic E-state index is 11.5. The average Bonchev–Trinajstić information content (AvgIpc) is 3.01. The van der Waals surface area contributed by atoms with E-state index in [2.05, 4.69) is 51.2 Å². The number of hydrogen-bond donors (Lipinski definition) is 1. The lowest BCUT2D eigenvalue weighted by Gasteiger charge is -2.37. The van der Waals surface area contributed by atoms with Crippen molar-refractivity contribution in [2.45, 2.75) is 84.3 Å². The van der Waals surface area contributed by atoms with E-state index in [1.165, 1.54) is 36.8 Å². The van der Waals surface area contributed by atoms with Crippen molar-refractivity contribution in [1.82, 2.24) is 5.32 Å². The quantitative estimate of drug-likeness (QED) is 0.771. The molecule has 2 atom stereocenters. The highest BCUT2D eigenvalue weighted by molar-refractivity contribution is 5.70. The summed E-state index contributed by atoms with van der Waals surface area (Å²) in [5, 5.41) is 3.02. The molecule has 0 spiro atoms. The maximum absolute atomic E-state index is 11.5. The Bertz CT molecular complexity index is 730. The molecule has 1 aliphatic heterocycles. The minimum absolute atomic E-state index is 0.240. The molecule has 1 aromatic carbocycles. The molecule has 1 amide bonds. The number of fused-ring (bicyclic) bond motifs is 1. The molecule has 0 aromatic heterocycles. The van der Waals surface area contributed by atoms with Gasteiger partial charge in [-0.3, -0.25) is 0 Å². The smallest absolute Gasteiger partial charge is 0.407 e. The fourth-order valence-electron chi connectivity index (χ4n) is 5.33. The van der Waals surface area contributed by atoms with Gasteiger partial charge in [0.15, 0.2) is 0 Å². The van der Waals surface area contributed by atoms with Crippen LogP contribution in [0.1, 0.15) is 70.9 Å². The third-order valence-corrected chi connectivity index (χ3v) is 7.40. The molecule has 2 aliphatic carbocycles. The number of alkyl carbamates (subject to hydrolysis) is 1. The Morgan fingerprint density at radius 2 is 1.86 bits per heavy atom. The van der Waals surface area contributed by atoms with Gasteiger partial charge in [-0.2, -0.15) is 0 Å². The van der Waals surface area contributed by atoms with Crippen LogP contribution in [-0.4, -0.2) is 24.3 Å². The van der Waals surface area contributed by atoms with Crippen molar-refractivity contribution in [3.63, 3.8) is 0 Å². The Balaban J connectivity index is 1.36. The molecule has 4 rings (SSSR count). The second-order valence-corrected chi connectivity index (χ2v) is 10.4. The second kappa shape index (κ2) is 7.27. The van der Waals surface area contributed by atoms with E-state index in [-0.39, 0.29) is 11.6 Å². The lowest BCUT2D eigenvalue weighted by atomic mass is 9.72. The van der Waals surface area contributed by atoms with Gasteiger partial charge in [0, 0.05) is 0 Å². The monoisotopic (exact) mass is 385 g/mol. The van der Waals surface area contributed by atoms with Gasteiger partial charge in [-0.25, -0.2) is 4.79 Å². The van der Waals surface area contributed by atoms with Crippen LogP contribution in [0.3, 0.4) is 0 Å². The van der Waals surface area contributed by atoms with E-state index in [9.17, 15) is 4.79 Å². The fourth-order valence-corrected chi connectivity index (χ4v) is 5.33. The number of nitrogens with one attached hydrogen (secondary N) is 1. The van der Waals surface area contributed by atoms with E-state index in [0.29, 0.717) is 24.0 Å². The molecule has 1 heterocycles. The van der Waals surface area contributed by atoms with Crippen LogP contribution >= 0.6 is 0 Å². The van der Waals surface area contributed by atoms with Gasteiger partial charge in [-0.05, 0) is 92.4 Å². The molecule has 1 saturated carbocycles. The van der Waals surface area contributed by atoms with Gasteiger partial charge in [0.05, 0.1) is 11.6 Å². The number of carbonyl (C=O) groups is 1. The lowest BCUT2D eigenvalue weighted by Crippen LogP contribution is -2.49. The van der Waals surface area contributed by atoms with E-state index in [1.54, 1.807) is 0 Å². The summed E-state index contributed by atoms with van der Waals surface area (Å²) in [6, 6.07) is 6.63. The Morgan fingerprint density at radius 3 is 2.50 bits per heavy atom. The van der Waals surface area contributed by atoms with Crippen LogP contribution in [0.25, 0.3) is 0 Å². The molecule has 1 aromatic rings. The first-order chi connectivity index (χ1) is 13.2. The van der Waals surface area contributed by atoms with Crippen molar-refractivity contribution in [3.8, 4) is 5.75 Å². The van der Waals surface area contributed by atoms with Crippen LogP contribution < -0.4 is 10.1 Å². The third-order valence-electron chi connectivity index (χ3n) is 7.40. The molecule has 1 saturated heterocycles. The summed E-state index contributed by atoms with van der Waals surface area (Å²) < 4.78 is 11.5. The van der Waals surface area contributed by atoms with Gasteiger partial charge >= 0.3 is 6.09 Å². The number of benzene rings is 1. The SMILES string of the molecule is CC(C)(C)C1CCC(Oc2ccc3c(c2)CC[C@H]([C@@]2(C)COC(=O)N2)C3)CC1. The van der Waals surface area contributed by atoms with E-state index in [0.717, 1.165) is 30.9 Å². The van der Waals surface area contributed by atoms with Crippen LogP contribution in [0.15, 0.2) is 18.2 Å². The van der Waals surface area contributed by atoms with Gasteiger partial charge in [0.2, 0.25) is 0 Å². The first-order valence-corrected chi connectivity index (χ1v) is 11.0. The zero-order valence-electron chi connectivity index (χ0n) is 17.8. The summed E-state index contributed by atoms with van der Waals surface area (Å²) in [5.74, 6) is 2.26. The van der Waals surface area contributed by atoms with Crippen molar-refractivity contribution in [1.29, 1.82) is 0 Å². The zero-order valence-corrected chi connectivity index (χ0v) is 17.8. The molecule has 3 aliphatic rings. The maximum Gasteiger partial charge on any atom is 0.407 e. The van der Waals surface area contributed by atoms with Gasteiger partial charge < -0.3 is 14.8 Å². The summed E-state index contributed by atoms with van der Waals surface area (Å²) in [6.45, 7) is 9.67. The molecule has 2 fully saturated rings. The molecule has 28 heavy (non-hydrogen) atoms. The zero-order chi connectivity index (χ0) is 19.9. The summed E-state index contributed by atoms with van der Waals surface area (Å²) in [6.07, 6.45) is 8.06. The predicted molar refractivity (Wildman–Crippen MR) is 111 cm³/mol. The number of ether oxygens (including phenoxy) is 2. The molecule has 4 nitrogen and oxygen atoms in total. The van der Waals surface area contributed by atoms with Crippen LogP contribution in [-0.2, 0) is 17.6 Å². The van der Waals surface area contributed by atoms with E-state index in [1.807, 2.05) is 0 Å². The number of hydrogen-bond acceptors (Lipinski definition) is 3. The number of aryl methyl sites for hydroxylation is 1. The Hall–Kier alpha value is -1.71. The highest BCUT2D eigenvalue weighted by Gasteiger charge is 2.43. The van der Waals surface area contributed by atoms with Gasteiger partial charge in [0.25, 0.3) is 0 Å². The first kappa shape index (κ1) is 19.6. The van der Waals surface area contributed by atoms with Crippen LogP contribution in [0, 0.1) is 17.3 Å². The lowest BCUT2D eigenvalue weighted by molar-refractivity contribution is 0.0881. The van der Waals surface area contributed by atoms with Gasteiger partial charge in [-0.1, -0.05) is 26.8 Å². The van der Waals surface area contributed by atoms with Crippen LogP contribution in [0.2, 0.25) is 0 Å². The number of amides is 1. The average molecular weight is 386 g/mol. The topological polar surface area (TPSA) is 47.6 Å². The van der Waals surface area contributed by atoms with Crippen LogP contribution in [0.4, 0.5) is 4.79 Å². The van der Waals surface area contributed by atoms with Crippen molar-refractivity contribution in [2.24, 2.45) is 17.3 Å². The number of rotatable bonds is 3. The highest BCUT2D eigenvalue weighted by Crippen LogP contribution is 2.40. The molecule has 4 heteroatoms. The fraction of sp³-hybridized carbons (Fsp3) is 0.708. The summed E-state index contributed by atoms with van der Waals surface area (Å²) >= 11 is 0. The summed E-state index contributed by atoms with van der Waals surface area (Å²) in [5.41, 5.74) is 2.97. The summed E-state index contributed by atoms with van der Waals surface area (Å²) in [7, 11) is 0. The Morgan fingerprint density at radius 1 is 1.11 bits per heavy atom. The largest absolute Gasteiger partial charge is 0.490 e. The van der Waals surface area contributed by atoms with Crippen molar-refractivity contribution < 1.29 is 14.3 Å². The molecule has 0 bridgehead atoms. The molecule has 0 radical (unpaired) electrons. The molecule has 1 N–H and O–H groups in total. The van der Waals surface area contributed by atoms with E-state index < -0.39 is 0 Å². The predicted octanol–water partition coefficient (Wildman–Crippen LogP) is 5.27. The van der Waals surface area contributed by atoms with Crippen molar-refractivity contribution in [2.75, 3.05) is 6.61 Å². The normalized spacial score (nSPS) is 33.0. The molecule has 154 valence electrons. The standard InChI is InChI=1S/C24H35NO3/c1-23(2,3)18-8-11-20(12-9-18)28-21-10-6-16-13-19(7-5-17(16)14-21)24(4)15-27-22(26)25-24/h6,10,14,18-20H,5,7-9,11-13,15H2,1-4H3,(H,25,26)/t18?,19-,20?,24+/m0/s1. The summed E-state index contributed by atoms with van der Waals surface area (Å²) in [4.78, 5) is 11.5. The van der Waals surface area contributed by atoms with Gasteiger partial charge in [-0.15, -0.1) is 0 Å². The van der Waals surface area contributed by atoms with Crippen LogP contribution in [0.5, 0.6) is 5.75 Å². The van der Waals surface area contributed by atoms with E-state index >= 15 is 0 Å². The first-order valence-electron chi connectivity index (χ1n) is 11.0. The minimum atomic E-state index is -0.279. The molecule has 0 unspecified atom stereocenters. The highest BCUT2D eigenvalue weighted by atomic mass is 16.6. The Labute approximate surface area is 169 Å². The number of cyclic esters (lactones) is 1. The molecular weight excluding hydrogens is 350 g/mol. The number of carbonyl (C=O) groups excluding carboxylic acids is 1. The van der Waals surface area contributed by atoms with E-state index in [4.69, 9.17) is 9.47 Å². The Kier molecular flexibility index (Phi) is 5.09. The minimum Gasteiger partial charge on any atom is -0.490 e. The molecular formula is C24H35NO3. The van der Waals surface area contributed by atoms with Gasteiger partial charge in [0.1, 0.15) is 12.4 Å². The third kappa shape index (κ3) is 4.01.